The van der Waals surface area contributed by atoms with Crippen molar-refractivity contribution in [2.24, 2.45) is 5.92 Å². The van der Waals surface area contributed by atoms with Crippen LogP contribution in [0.4, 0.5) is 5.69 Å². The number of carbonyl (C=O) groups is 3. The van der Waals surface area contributed by atoms with E-state index in [0.29, 0.717) is 24.8 Å². The topological polar surface area (TPSA) is 81.7 Å². The van der Waals surface area contributed by atoms with E-state index in [2.05, 4.69) is 5.32 Å². The SMILES string of the molecule is O=C1CCCC(Nc2ccccc2)=C1CC(C(=O)OCc1ccccc1)C(=O)OCc1ccccc1. The van der Waals surface area contributed by atoms with Crippen molar-refractivity contribution in [3.8, 4) is 0 Å². The molecule has 1 aliphatic carbocycles. The number of anilines is 1. The van der Waals surface area contributed by atoms with E-state index in [1.807, 2.05) is 91.0 Å². The van der Waals surface area contributed by atoms with E-state index in [1.165, 1.54) is 0 Å². The van der Waals surface area contributed by atoms with Crippen molar-refractivity contribution in [2.75, 3.05) is 5.32 Å². The molecule has 0 bridgehead atoms. The molecule has 0 saturated heterocycles. The van der Waals surface area contributed by atoms with Gasteiger partial charge in [0, 0.05) is 29.8 Å². The molecule has 4 rings (SSSR count). The Balaban J connectivity index is 1.55. The third-order valence-electron chi connectivity index (χ3n) is 6.03. The first-order valence-corrected chi connectivity index (χ1v) is 12.1. The lowest BCUT2D eigenvalue weighted by Crippen LogP contribution is -2.31. The Morgan fingerprint density at radius 1 is 0.722 bits per heavy atom. The van der Waals surface area contributed by atoms with Crippen LogP contribution in [0.2, 0.25) is 0 Å². The second-order valence-corrected chi connectivity index (χ2v) is 8.67. The van der Waals surface area contributed by atoms with E-state index in [-0.39, 0.29) is 25.4 Å². The second-order valence-electron chi connectivity index (χ2n) is 8.67. The first kappa shape index (κ1) is 24.9. The quantitative estimate of drug-likeness (QED) is 0.299. The maximum atomic E-state index is 13.1. The van der Waals surface area contributed by atoms with Crippen molar-refractivity contribution in [1.82, 2.24) is 0 Å². The fourth-order valence-electron chi connectivity index (χ4n) is 4.09. The van der Waals surface area contributed by atoms with E-state index in [0.717, 1.165) is 22.5 Å². The van der Waals surface area contributed by atoms with Crippen molar-refractivity contribution >= 4 is 23.4 Å². The Bertz CT molecular complexity index is 1150. The molecule has 0 unspecified atom stereocenters. The normalized spacial score (nSPS) is 13.4. The van der Waals surface area contributed by atoms with Crippen molar-refractivity contribution in [2.45, 2.75) is 38.9 Å². The zero-order valence-electron chi connectivity index (χ0n) is 20.0. The molecule has 1 N–H and O–H groups in total. The predicted molar refractivity (Wildman–Crippen MR) is 137 cm³/mol. The molecule has 3 aromatic rings. The number of ether oxygens (including phenoxy) is 2. The highest BCUT2D eigenvalue weighted by atomic mass is 16.6. The number of Topliss-reactive ketones (excluding diaryl/α,β-unsaturated/α-hetero) is 1. The first-order valence-electron chi connectivity index (χ1n) is 12.1. The number of allylic oxidation sites excluding steroid dienone is 2. The summed E-state index contributed by atoms with van der Waals surface area (Å²) >= 11 is 0. The molecular formula is C30H29NO5. The van der Waals surface area contributed by atoms with Gasteiger partial charge in [-0.15, -0.1) is 0 Å². The number of esters is 2. The lowest BCUT2D eigenvalue weighted by atomic mass is 9.87. The van der Waals surface area contributed by atoms with Gasteiger partial charge >= 0.3 is 11.9 Å². The molecule has 0 heterocycles. The molecule has 0 spiro atoms. The summed E-state index contributed by atoms with van der Waals surface area (Å²) in [7, 11) is 0. The van der Waals surface area contributed by atoms with Crippen LogP contribution in [0.5, 0.6) is 0 Å². The van der Waals surface area contributed by atoms with Gasteiger partial charge in [0.05, 0.1) is 0 Å². The number of hydrogen-bond acceptors (Lipinski definition) is 6. The van der Waals surface area contributed by atoms with E-state index >= 15 is 0 Å². The van der Waals surface area contributed by atoms with Gasteiger partial charge in [0.15, 0.2) is 11.7 Å². The molecule has 0 radical (unpaired) electrons. The number of para-hydroxylation sites is 1. The predicted octanol–water partition coefficient (Wildman–Crippen LogP) is 5.60. The van der Waals surface area contributed by atoms with E-state index in [1.54, 1.807) is 0 Å². The van der Waals surface area contributed by atoms with Gasteiger partial charge in [0.1, 0.15) is 13.2 Å². The number of ketones is 1. The summed E-state index contributed by atoms with van der Waals surface area (Å²) in [6.45, 7) is 0.0640. The third-order valence-corrected chi connectivity index (χ3v) is 6.03. The Morgan fingerprint density at radius 3 is 1.75 bits per heavy atom. The number of benzene rings is 3. The zero-order chi connectivity index (χ0) is 25.2. The van der Waals surface area contributed by atoms with Crippen molar-refractivity contribution in [3.05, 3.63) is 113 Å². The maximum absolute atomic E-state index is 13.1. The monoisotopic (exact) mass is 483 g/mol. The number of hydrogen-bond donors (Lipinski definition) is 1. The van der Waals surface area contributed by atoms with E-state index in [4.69, 9.17) is 9.47 Å². The van der Waals surface area contributed by atoms with Crippen LogP contribution in [0.25, 0.3) is 0 Å². The molecule has 6 nitrogen and oxygen atoms in total. The third kappa shape index (κ3) is 6.92. The zero-order valence-corrected chi connectivity index (χ0v) is 20.0. The molecule has 1 aliphatic rings. The lowest BCUT2D eigenvalue weighted by molar-refractivity contribution is -0.163. The van der Waals surface area contributed by atoms with Gasteiger partial charge in [0.25, 0.3) is 0 Å². The molecule has 184 valence electrons. The summed E-state index contributed by atoms with van der Waals surface area (Å²) in [5, 5.41) is 3.31. The van der Waals surface area contributed by atoms with E-state index in [9.17, 15) is 14.4 Å². The largest absolute Gasteiger partial charge is 0.460 e. The number of rotatable bonds is 10. The summed E-state index contributed by atoms with van der Waals surface area (Å²) in [6, 6.07) is 28.0. The van der Waals surface area contributed by atoms with Crippen LogP contribution in [0.1, 0.15) is 36.8 Å². The Kier molecular flexibility index (Phi) is 8.65. The van der Waals surface area contributed by atoms with Crippen LogP contribution >= 0.6 is 0 Å². The smallest absolute Gasteiger partial charge is 0.321 e. The summed E-state index contributed by atoms with van der Waals surface area (Å²) < 4.78 is 11.0. The van der Waals surface area contributed by atoms with E-state index < -0.39 is 17.9 Å². The average Bonchev–Trinajstić information content (AvgIpc) is 2.92. The molecule has 0 aliphatic heterocycles. The summed E-state index contributed by atoms with van der Waals surface area (Å²) in [4.78, 5) is 39.2. The number of carbonyl (C=O) groups excluding carboxylic acids is 3. The fraction of sp³-hybridized carbons (Fsp3) is 0.233. The molecule has 0 saturated carbocycles. The Labute approximate surface area is 210 Å². The minimum atomic E-state index is -1.25. The standard InChI is InChI=1S/C30H29NO5/c32-28-18-10-17-27(31-24-15-8-3-9-16-24)25(28)19-26(29(33)35-20-22-11-4-1-5-12-22)30(34)36-21-23-13-6-2-7-14-23/h1-9,11-16,26,31H,10,17-21H2. The van der Waals surface area contributed by atoms with Crippen molar-refractivity contribution in [3.63, 3.8) is 0 Å². The Hall–Kier alpha value is -4.19. The first-order chi connectivity index (χ1) is 17.6. The highest BCUT2D eigenvalue weighted by Crippen LogP contribution is 2.29. The molecule has 6 heteroatoms. The van der Waals surface area contributed by atoms with Crippen LogP contribution in [0, 0.1) is 5.92 Å². The molecular weight excluding hydrogens is 454 g/mol. The highest BCUT2D eigenvalue weighted by Gasteiger charge is 2.34. The summed E-state index contributed by atoms with van der Waals surface area (Å²) in [5.74, 6) is -2.73. The highest BCUT2D eigenvalue weighted by molar-refractivity contribution is 6.01. The molecule has 3 aromatic carbocycles. The fourth-order valence-corrected chi connectivity index (χ4v) is 4.09. The van der Waals surface area contributed by atoms with Crippen LogP contribution in [0.15, 0.2) is 102 Å². The minimum absolute atomic E-state index is 0.0320. The van der Waals surface area contributed by atoms with Gasteiger partial charge < -0.3 is 14.8 Å². The van der Waals surface area contributed by atoms with Crippen LogP contribution in [-0.4, -0.2) is 17.7 Å². The average molecular weight is 484 g/mol. The minimum Gasteiger partial charge on any atom is -0.460 e. The van der Waals surface area contributed by atoms with Gasteiger partial charge in [0.2, 0.25) is 0 Å². The van der Waals surface area contributed by atoms with Crippen molar-refractivity contribution in [1.29, 1.82) is 0 Å². The van der Waals surface area contributed by atoms with Gasteiger partial charge in [-0.1, -0.05) is 78.9 Å². The summed E-state index contributed by atoms with van der Waals surface area (Å²) in [6.07, 6.45) is 1.66. The van der Waals surface area contributed by atoms with Gasteiger partial charge in [-0.25, -0.2) is 0 Å². The van der Waals surface area contributed by atoms with Crippen LogP contribution < -0.4 is 5.32 Å². The number of nitrogens with one attached hydrogen (secondary N) is 1. The molecule has 0 amide bonds. The molecule has 0 aromatic heterocycles. The van der Waals surface area contributed by atoms with Crippen molar-refractivity contribution < 1.29 is 23.9 Å². The molecule has 36 heavy (non-hydrogen) atoms. The second kappa shape index (κ2) is 12.5. The molecule has 0 atom stereocenters. The van der Waals surface area contributed by atoms with Gasteiger partial charge in [-0.05, 0) is 36.1 Å². The van der Waals surface area contributed by atoms with Crippen LogP contribution in [0.3, 0.4) is 0 Å². The van der Waals surface area contributed by atoms with Gasteiger partial charge in [-0.2, -0.15) is 0 Å². The lowest BCUT2D eigenvalue weighted by Gasteiger charge is -2.23. The summed E-state index contributed by atoms with van der Waals surface area (Å²) in [5.41, 5.74) is 3.63. The molecule has 0 fully saturated rings. The van der Waals surface area contributed by atoms with Gasteiger partial charge in [-0.3, -0.25) is 14.4 Å². The Morgan fingerprint density at radius 2 is 1.22 bits per heavy atom. The van der Waals surface area contributed by atoms with Crippen LogP contribution in [-0.2, 0) is 37.1 Å². The maximum Gasteiger partial charge on any atom is 0.321 e.